The van der Waals surface area contributed by atoms with E-state index in [-0.39, 0.29) is 23.0 Å². The van der Waals surface area contributed by atoms with Gasteiger partial charge in [-0.3, -0.25) is 4.79 Å². The molecule has 1 aromatic carbocycles. The van der Waals surface area contributed by atoms with Gasteiger partial charge in [0.05, 0.1) is 26.9 Å². The Balaban J connectivity index is 2.28. The zero-order chi connectivity index (χ0) is 18.8. The smallest absolute Gasteiger partial charge is 0.355 e. The molecule has 3 rings (SSSR count). The van der Waals surface area contributed by atoms with Crippen LogP contribution in [0.1, 0.15) is 18.5 Å². The predicted octanol–water partition coefficient (Wildman–Crippen LogP) is 0.721. The first-order valence-electron chi connectivity index (χ1n) is 7.62. The van der Waals surface area contributed by atoms with Crippen molar-refractivity contribution in [3.05, 3.63) is 35.0 Å². The van der Waals surface area contributed by atoms with Crippen LogP contribution in [0.4, 0.5) is 5.95 Å². The highest BCUT2D eigenvalue weighted by Gasteiger charge is 2.38. The van der Waals surface area contributed by atoms with Crippen molar-refractivity contribution in [3.8, 4) is 11.5 Å². The van der Waals surface area contributed by atoms with Crippen molar-refractivity contribution in [2.24, 2.45) is 0 Å². The molecule has 26 heavy (non-hydrogen) atoms. The van der Waals surface area contributed by atoms with Crippen LogP contribution < -0.4 is 14.8 Å². The quantitative estimate of drug-likeness (QED) is 0.770. The fourth-order valence-corrected chi connectivity index (χ4v) is 2.85. The van der Waals surface area contributed by atoms with Crippen LogP contribution in [0.5, 0.6) is 11.5 Å². The number of hydrogen-bond donors (Lipinski definition) is 1. The van der Waals surface area contributed by atoms with E-state index in [2.05, 4.69) is 20.8 Å². The number of Topliss-reactive ketones (excluding diaryl/α,β-unsaturated/α-hetero) is 1. The number of aromatic nitrogens is 4. The molecule has 0 fully saturated rings. The minimum Gasteiger partial charge on any atom is -0.497 e. The highest BCUT2D eigenvalue weighted by atomic mass is 16.5. The monoisotopic (exact) mass is 359 g/mol. The van der Waals surface area contributed by atoms with Crippen LogP contribution in [0.3, 0.4) is 0 Å². The molecule has 0 unspecified atom stereocenters. The molecule has 0 bridgehead atoms. The molecule has 0 radical (unpaired) electrons. The summed E-state index contributed by atoms with van der Waals surface area (Å²) in [5.41, 5.74) is 0.750. The maximum atomic E-state index is 12.4. The Bertz CT molecular complexity index is 904. The lowest BCUT2D eigenvalue weighted by Crippen LogP contribution is -2.32. The zero-order valence-corrected chi connectivity index (χ0v) is 14.6. The van der Waals surface area contributed by atoms with E-state index >= 15 is 0 Å². The normalized spacial score (nSPS) is 15.8. The number of benzene rings is 1. The molecule has 10 nitrogen and oxygen atoms in total. The van der Waals surface area contributed by atoms with Crippen LogP contribution in [0.2, 0.25) is 0 Å². The van der Waals surface area contributed by atoms with E-state index in [1.165, 1.54) is 32.9 Å². The number of methoxy groups -OCH3 is 3. The molecule has 10 heteroatoms. The largest absolute Gasteiger partial charge is 0.497 e. The number of ketones is 1. The fourth-order valence-electron chi connectivity index (χ4n) is 2.85. The maximum absolute atomic E-state index is 12.4. The van der Waals surface area contributed by atoms with E-state index in [9.17, 15) is 9.59 Å². The number of carbonyl (C=O) groups is 2. The summed E-state index contributed by atoms with van der Waals surface area (Å²) in [5, 5.41) is 14.2. The van der Waals surface area contributed by atoms with Gasteiger partial charge < -0.3 is 19.5 Å². The minimum absolute atomic E-state index is 0.00910. The molecule has 0 saturated carbocycles. The minimum atomic E-state index is -0.770. The summed E-state index contributed by atoms with van der Waals surface area (Å²) in [4.78, 5) is 24.6. The standard InChI is InChI=1S/C16H17N5O5/c1-8(22)12-13(15(23)26-4)17-16-18-19-20-21(16)14(12)10-6-5-9(24-2)7-11(10)25-3/h5-7,14H,1-4H3,(H,17,18,20)/t14-/m1/s1. The molecule has 1 aliphatic heterocycles. The van der Waals surface area contributed by atoms with Gasteiger partial charge in [0.1, 0.15) is 23.2 Å². The highest BCUT2D eigenvalue weighted by molar-refractivity contribution is 6.06. The van der Waals surface area contributed by atoms with Crippen molar-refractivity contribution in [2.75, 3.05) is 26.6 Å². The van der Waals surface area contributed by atoms with Crippen molar-refractivity contribution in [1.29, 1.82) is 0 Å². The lowest BCUT2D eigenvalue weighted by atomic mass is 9.92. The van der Waals surface area contributed by atoms with Gasteiger partial charge in [-0.2, -0.15) is 4.68 Å². The molecular formula is C16H17N5O5. The number of ether oxygens (including phenoxy) is 3. The van der Waals surface area contributed by atoms with E-state index in [4.69, 9.17) is 14.2 Å². The number of allylic oxidation sites excluding steroid dienone is 1. The molecule has 0 saturated heterocycles. The van der Waals surface area contributed by atoms with Crippen molar-refractivity contribution >= 4 is 17.7 Å². The first-order chi connectivity index (χ1) is 12.5. The zero-order valence-electron chi connectivity index (χ0n) is 14.6. The first kappa shape index (κ1) is 17.4. The second kappa shape index (κ2) is 6.82. The molecular weight excluding hydrogens is 342 g/mol. The number of hydrogen-bond acceptors (Lipinski definition) is 9. The van der Waals surface area contributed by atoms with Crippen LogP contribution in [-0.2, 0) is 14.3 Å². The Morgan fingerprint density at radius 1 is 1.19 bits per heavy atom. The average molecular weight is 359 g/mol. The second-order valence-electron chi connectivity index (χ2n) is 5.42. The van der Waals surface area contributed by atoms with Crippen LogP contribution in [0, 0.1) is 0 Å². The van der Waals surface area contributed by atoms with Gasteiger partial charge in [0.2, 0.25) is 5.95 Å². The average Bonchev–Trinajstić information content (AvgIpc) is 3.13. The molecule has 2 heterocycles. The Morgan fingerprint density at radius 2 is 1.96 bits per heavy atom. The topological polar surface area (TPSA) is 117 Å². The van der Waals surface area contributed by atoms with E-state index in [0.717, 1.165) is 0 Å². The Hall–Kier alpha value is -3.43. The summed E-state index contributed by atoms with van der Waals surface area (Å²) < 4.78 is 16.9. The lowest BCUT2D eigenvalue weighted by molar-refractivity contribution is -0.136. The van der Waals surface area contributed by atoms with Gasteiger partial charge >= 0.3 is 5.97 Å². The Morgan fingerprint density at radius 3 is 2.58 bits per heavy atom. The third kappa shape index (κ3) is 2.75. The predicted molar refractivity (Wildman–Crippen MR) is 88.8 cm³/mol. The van der Waals surface area contributed by atoms with Crippen molar-refractivity contribution in [2.45, 2.75) is 13.0 Å². The molecule has 1 atom stereocenters. The fraction of sp³-hybridized carbons (Fsp3) is 0.312. The molecule has 0 amide bonds. The summed E-state index contributed by atoms with van der Waals surface area (Å²) in [6, 6.07) is 4.36. The highest BCUT2D eigenvalue weighted by Crippen LogP contribution is 2.40. The molecule has 1 aliphatic rings. The van der Waals surface area contributed by atoms with Gasteiger partial charge in [-0.25, -0.2) is 4.79 Å². The van der Waals surface area contributed by atoms with E-state index in [1.807, 2.05) is 0 Å². The number of carbonyl (C=O) groups excluding carboxylic acids is 2. The Kier molecular flexibility index (Phi) is 4.57. The number of esters is 1. The summed E-state index contributed by atoms with van der Waals surface area (Å²) >= 11 is 0. The van der Waals surface area contributed by atoms with Gasteiger partial charge in [-0.15, -0.1) is 0 Å². The maximum Gasteiger partial charge on any atom is 0.355 e. The number of anilines is 1. The molecule has 136 valence electrons. The van der Waals surface area contributed by atoms with Gasteiger partial charge in [0.25, 0.3) is 0 Å². The van der Waals surface area contributed by atoms with Crippen LogP contribution in [0.25, 0.3) is 0 Å². The van der Waals surface area contributed by atoms with Crippen LogP contribution in [0.15, 0.2) is 29.5 Å². The summed E-state index contributed by atoms with van der Waals surface area (Å²) in [6.45, 7) is 1.36. The number of fused-ring (bicyclic) bond motifs is 1. The SMILES string of the molecule is COC(=O)C1=C(C(C)=O)[C@@H](c2ccc(OC)cc2OC)n2nnnc2N1. The van der Waals surface area contributed by atoms with Crippen molar-refractivity contribution in [1.82, 2.24) is 20.2 Å². The van der Waals surface area contributed by atoms with Gasteiger partial charge in [0, 0.05) is 11.6 Å². The van der Waals surface area contributed by atoms with E-state index in [1.54, 1.807) is 18.2 Å². The first-order valence-corrected chi connectivity index (χ1v) is 7.62. The van der Waals surface area contributed by atoms with Crippen molar-refractivity contribution < 1.29 is 23.8 Å². The van der Waals surface area contributed by atoms with E-state index in [0.29, 0.717) is 17.1 Å². The third-order valence-corrected chi connectivity index (χ3v) is 4.02. The molecule has 0 spiro atoms. The van der Waals surface area contributed by atoms with Crippen LogP contribution in [-0.4, -0.2) is 53.3 Å². The molecule has 1 aromatic heterocycles. The molecule has 0 aliphatic carbocycles. The molecule has 1 N–H and O–H groups in total. The Labute approximate surface area is 148 Å². The summed E-state index contributed by atoms with van der Waals surface area (Å²) in [7, 11) is 4.27. The molecule has 2 aromatic rings. The van der Waals surface area contributed by atoms with Crippen molar-refractivity contribution in [3.63, 3.8) is 0 Å². The third-order valence-electron chi connectivity index (χ3n) is 4.02. The summed E-state index contributed by atoms with van der Waals surface area (Å²) in [5.74, 6) is 0.223. The summed E-state index contributed by atoms with van der Waals surface area (Å²) in [6.07, 6.45) is 0. The van der Waals surface area contributed by atoms with Gasteiger partial charge in [-0.1, -0.05) is 5.10 Å². The number of nitrogens with one attached hydrogen (secondary N) is 1. The number of rotatable bonds is 5. The number of tetrazole rings is 1. The van der Waals surface area contributed by atoms with Gasteiger partial charge in [0.15, 0.2) is 5.78 Å². The lowest BCUT2D eigenvalue weighted by Gasteiger charge is -2.28. The van der Waals surface area contributed by atoms with Gasteiger partial charge in [-0.05, 0) is 29.5 Å². The number of nitrogens with zero attached hydrogens (tertiary/aromatic N) is 4. The second-order valence-corrected chi connectivity index (χ2v) is 5.42. The van der Waals surface area contributed by atoms with Crippen LogP contribution >= 0.6 is 0 Å². The van der Waals surface area contributed by atoms with E-state index < -0.39 is 12.0 Å².